The molecule has 0 bridgehead atoms. The topological polar surface area (TPSA) is 46.6 Å². The molecule has 0 aliphatic heterocycles. The highest BCUT2D eigenvalue weighted by Crippen LogP contribution is 2.24. The molecule has 0 aromatic carbocycles. The average molecular weight is 672 g/mol. The highest BCUT2D eigenvalue weighted by molar-refractivity contribution is 5.78. The first-order chi connectivity index (χ1) is 23.4. The van der Waals surface area contributed by atoms with Crippen molar-refractivity contribution in [3.8, 4) is 0 Å². The number of carbonyl (C=O) groups is 2. The van der Waals surface area contributed by atoms with E-state index in [1.807, 2.05) is 0 Å². The van der Waals surface area contributed by atoms with Crippen molar-refractivity contribution in [1.29, 1.82) is 0 Å². The van der Waals surface area contributed by atoms with Gasteiger partial charge in [-0.05, 0) is 77.9 Å². The maximum absolute atomic E-state index is 12.8. The third-order valence-corrected chi connectivity index (χ3v) is 9.47. The molecule has 0 N–H and O–H groups in total. The Hall–Kier alpha value is -1.68. The summed E-state index contributed by atoms with van der Waals surface area (Å²) in [6.45, 7) is 10.2. The summed E-state index contributed by atoms with van der Waals surface area (Å²) in [5.41, 5.74) is 0. The van der Waals surface area contributed by atoms with Gasteiger partial charge in [-0.1, -0.05) is 147 Å². The number of hydrogen-bond donors (Lipinski definition) is 0. The fraction of sp³-hybridized carbons (Fsp3) is 0.818. The monoisotopic (exact) mass is 672 g/mol. The van der Waals surface area contributed by atoms with Crippen LogP contribution in [0.25, 0.3) is 0 Å². The van der Waals surface area contributed by atoms with Crippen LogP contribution in [-0.4, -0.2) is 43.7 Å². The number of ketones is 2. The zero-order chi connectivity index (χ0) is 35.3. The van der Waals surface area contributed by atoms with Crippen molar-refractivity contribution in [3.63, 3.8) is 0 Å². The highest BCUT2D eigenvalue weighted by Gasteiger charge is 2.14. The molecule has 0 rings (SSSR count). The van der Waals surface area contributed by atoms with Crippen LogP contribution >= 0.6 is 0 Å². The van der Waals surface area contributed by atoms with Crippen LogP contribution in [0.15, 0.2) is 36.6 Å². The third kappa shape index (κ3) is 35.6. The predicted octanol–water partition coefficient (Wildman–Crippen LogP) is 13.3. The number of ether oxygens (including phenoxy) is 1. The fourth-order valence-corrected chi connectivity index (χ4v) is 6.34. The second kappa shape index (κ2) is 36.6. The number of rotatable bonds is 38. The zero-order valence-corrected chi connectivity index (χ0v) is 32.7. The first-order valence-electron chi connectivity index (χ1n) is 20.7. The maximum Gasteiger partial charge on any atom is 0.133 e. The number of carbonyl (C=O) groups excluding carboxylic acids is 2. The van der Waals surface area contributed by atoms with Gasteiger partial charge in [0.25, 0.3) is 0 Å². The van der Waals surface area contributed by atoms with Crippen molar-refractivity contribution in [2.24, 2.45) is 5.92 Å². The number of unbranched alkanes of at least 4 members (excludes halogenated alkanes) is 16. The molecule has 0 saturated carbocycles. The van der Waals surface area contributed by atoms with E-state index in [1.165, 1.54) is 109 Å². The van der Waals surface area contributed by atoms with Crippen LogP contribution in [0, 0.1) is 5.92 Å². The molecule has 1 unspecified atom stereocenters. The molecule has 0 fully saturated rings. The summed E-state index contributed by atoms with van der Waals surface area (Å²) >= 11 is 0. The van der Waals surface area contributed by atoms with Gasteiger partial charge in [0.1, 0.15) is 18.2 Å². The molecule has 0 amide bonds. The van der Waals surface area contributed by atoms with E-state index in [2.05, 4.69) is 63.7 Å². The van der Waals surface area contributed by atoms with Gasteiger partial charge in [0.05, 0.1) is 5.76 Å². The molecular formula is C44H81NO3. The molecule has 4 nitrogen and oxygen atoms in total. The van der Waals surface area contributed by atoms with E-state index in [4.69, 9.17) is 4.74 Å². The van der Waals surface area contributed by atoms with E-state index in [0.717, 1.165) is 82.9 Å². The van der Waals surface area contributed by atoms with Crippen LogP contribution in [0.4, 0.5) is 0 Å². The highest BCUT2D eigenvalue weighted by atomic mass is 16.5. The van der Waals surface area contributed by atoms with Crippen molar-refractivity contribution >= 4 is 11.6 Å². The Labute approximate surface area is 300 Å². The standard InChI is InChI=1S/C44H81NO3/c1-6-8-10-12-14-15-22-28-35-43(46)36-29-23-18-21-27-34-42(40-44(47)37-31-38-45(4)5)33-26-20-17-19-25-32-41(3)48-39-30-24-16-13-11-9-7-2/h15,22,24,30,42H,3,6-14,16-21,23,25-29,31-40H2,1-2,4-5H3/b22-15-,30-24-. The lowest BCUT2D eigenvalue weighted by Crippen LogP contribution is -2.15. The van der Waals surface area contributed by atoms with Crippen LogP contribution in [0.1, 0.15) is 200 Å². The molecule has 0 radical (unpaired) electrons. The number of hydrogen-bond acceptors (Lipinski definition) is 4. The van der Waals surface area contributed by atoms with Crippen LogP contribution in [0.2, 0.25) is 0 Å². The quantitative estimate of drug-likeness (QED) is 0.0372. The van der Waals surface area contributed by atoms with E-state index < -0.39 is 0 Å². The molecule has 48 heavy (non-hydrogen) atoms. The second-order valence-corrected chi connectivity index (χ2v) is 14.7. The minimum Gasteiger partial charge on any atom is -0.495 e. The van der Waals surface area contributed by atoms with Gasteiger partial charge >= 0.3 is 0 Å². The van der Waals surface area contributed by atoms with Gasteiger partial charge in [-0.2, -0.15) is 0 Å². The predicted molar refractivity (Wildman–Crippen MR) is 211 cm³/mol. The summed E-state index contributed by atoms with van der Waals surface area (Å²) in [4.78, 5) is 27.2. The molecule has 0 saturated heterocycles. The lowest BCUT2D eigenvalue weighted by Gasteiger charge is -2.17. The lowest BCUT2D eigenvalue weighted by molar-refractivity contribution is -0.120. The minimum atomic E-state index is 0.424. The molecule has 0 aromatic rings. The molecule has 0 aromatic heterocycles. The van der Waals surface area contributed by atoms with E-state index in [1.54, 1.807) is 0 Å². The second-order valence-electron chi connectivity index (χ2n) is 14.7. The molecule has 0 aliphatic carbocycles. The van der Waals surface area contributed by atoms with Crippen LogP contribution < -0.4 is 0 Å². The van der Waals surface area contributed by atoms with Crippen LogP contribution in [0.5, 0.6) is 0 Å². The van der Waals surface area contributed by atoms with Crippen molar-refractivity contribution in [2.45, 2.75) is 200 Å². The van der Waals surface area contributed by atoms with Gasteiger partial charge in [-0.15, -0.1) is 0 Å². The Morgan fingerprint density at radius 3 is 1.67 bits per heavy atom. The SMILES string of the molecule is C=C(CCCCCCCC(CCCCCCCC(=O)CC/C=C\CCCCCC)CC(=O)CCCN(C)C)OC/C=C\CCCCCC. The summed E-state index contributed by atoms with van der Waals surface area (Å²) in [5, 5.41) is 0. The first-order valence-corrected chi connectivity index (χ1v) is 20.7. The number of Topliss-reactive ketones (excluding diaryl/α,β-unsaturated/α-hetero) is 2. The smallest absolute Gasteiger partial charge is 0.133 e. The van der Waals surface area contributed by atoms with Crippen molar-refractivity contribution < 1.29 is 14.3 Å². The van der Waals surface area contributed by atoms with Gasteiger partial charge in [-0.3, -0.25) is 9.59 Å². The molecule has 0 spiro atoms. The summed E-state index contributed by atoms with van der Waals surface area (Å²) in [7, 11) is 4.16. The van der Waals surface area contributed by atoms with Crippen molar-refractivity contribution in [1.82, 2.24) is 4.90 Å². The Morgan fingerprint density at radius 2 is 1.06 bits per heavy atom. The van der Waals surface area contributed by atoms with Gasteiger partial charge in [0, 0.05) is 32.1 Å². The summed E-state index contributed by atoms with van der Waals surface area (Å²) in [6.07, 6.45) is 41.7. The van der Waals surface area contributed by atoms with E-state index in [0.29, 0.717) is 30.5 Å². The largest absolute Gasteiger partial charge is 0.495 e. The fourth-order valence-electron chi connectivity index (χ4n) is 6.34. The Bertz CT molecular complexity index is 747. The third-order valence-electron chi connectivity index (χ3n) is 9.47. The Kier molecular flexibility index (Phi) is 35.3. The average Bonchev–Trinajstić information content (AvgIpc) is 3.05. The van der Waals surface area contributed by atoms with Gasteiger partial charge in [0.15, 0.2) is 0 Å². The number of allylic oxidation sites excluding steroid dienone is 4. The van der Waals surface area contributed by atoms with Gasteiger partial charge in [0.2, 0.25) is 0 Å². The van der Waals surface area contributed by atoms with Crippen molar-refractivity contribution in [2.75, 3.05) is 27.2 Å². The van der Waals surface area contributed by atoms with Gasteiger partial charge < -0.3 is 9.64 Å². The normalized spacial score (nSPS) is 12.4. The van der Waals surface area contributed by atoms with Gasteiger partial charge in [-0.25, -0.2) is 0 Å². The zero-order valence-electron chi connectivity index (χ0n) is 32.7. The molecular weight excluding hydrogens is 590 g/mol. The lowest BCUT2D eigenvalue weighted by atomic mass is 9.89. The number of nitrogens with zero attached hydrogens (tertiary/aromatic N) is 1. The summed E-state index contributed by atoms with van der Waals surface area (Å²) < 4.78 is 5.79. The van der Waals surface area contributed by atoms with Crippen molar-refractivity contribution in [3.05, 3.63) is 36.6 Å². The van der Waals surface area contributed by atoms with Crippen LogP contribution in [0.3, 0.4) is 0 Å². The maximum atomic E-state index is 12.8. The molecule has 0 aliphatic rings. The van der Waals surface area contributed by atoms with Crippen LogP contribution in [-0.2, 0) is 14.3 Å². The molecule has 4 heteroatoms. The first kappa shape index (κ1) is 46.3. The summed E-state index contributed by atoms with van der Waals surface area (Å²) in [5.74, 6) is 2.33. The van der Waals surface area contributed by atoms with E-state index >= 15 is 0 Å². The minimum absolute atomic E-state index is 0.424. The molecule has 1 atom stereocenters. The van der Waals surface area contributed by atoms with E-state index in [9.17, 15) is 9.59 Å². The molecule has 280 valence electrons. The Balaban J connectivity index is 4.11. The molecule has 0 heterocycles. The summed E-state index contributed by atoms with van der Waals surface area (Å²) in [6, 6.07) is 0. The Morgan fingerprint density at radius 1 is 0.562 bits per heavy atom. The van der Waals surface area contributed by atoms with E-state index in [-0.39, 0.29) is 0 Å².